The molecule has 0 aromatic heterocycles. The minimum absolute atomic E-state index is 0.124. The maximum absolute atomic E-state index is 13.0. The van der Waals surface area contributed by atoms with Crippen molar-refractivity contribution in [1.29, 1.82) is 5.26 Å². The Kier molecular flexibility index (Phi) is 7.72. The van der Waals surface area contributed by atoms with Crippen LogP contribution in [0.3, 0.4) is 0 Å². The Morgan fingerprint density at radius 1 is 1.06 bits per heavy atom. The SMILES string of the molecule is COc1cc(/C=C(\C#N)C(=O)Nc2ccc(F)cc2)ccc1OCc1ccc(Cl)c(Cl)c1. The van der Waals surface area contributed by atoms with Crippen LogP contribution in [-0.2, 0) is 11.4 Å². The number of halogens is 3. The Morgan fingerprint density at radius 3 is 2.47 bits per heavy atom. The van der Waals surface area contributed by atoms with E-state index in [2.05, 4.69) is 5.32 Å². The molecule has 0 aliphatic heterocycles. The third-order valence-electron chi connectivity index (χ3n) is 4.34. The van der Waals surface area contributed by atoms with Crippen LogP contribution < -0.4 is 14.8 Å². The van der Waals surface area contributed by atoms with Gasteiger partial charge in [-0.15, -0.1) is 0 Å². The van der Waals surface area contributed by atoms with Gasteiger partial charge in [-0.25, -0.2) is 4.39 Å². The number of methoxy groups -OCH3 is 1. The Hall–Kier alpha value is -3.53. The van der Waals surface area contributed by atoms with E-state index in [1.165, 1.54) is 37.5 Å². The lowest BCUT2D eigenvalue weighted by Gasteiger charge is -2.12. The first kappa shape index (κ1) is 23.1. The molecule has 3 aromatic rings. The van der Waals surface area contributed by atoms with E-state index >= 15 is 0 Å². The van der Waals surface area contributed by atoms with E-state index in [1.807, 2.05) is 6.07 Å². The number of carbonyl (C=O) groups excluding carboxylic acids is 1. The Labute approximate surface area is 194 Å². The number of hydrogen-bond donors (Lipinski definition) is 1. The third-order valence-corrected chi connectivity index (χ3v) is 5.08. The van der Waals surface area contributed by atoms with Crippen molar-refractivity contribution in [2.24, 2.45) is 0 Å². The van der Waals surface area contributed by atoms with Crippen LogP contribution in [-0.4, -0.2) is 13.0 Å². The molecule has 0 bridgehead atoms. The minimum atomic E-state index is -0.613. The van der Waals surface area contributed by atoms with Gasteiger partial charge < -0.3 is 14.8 Å². The van der Waals surface area contributed by atoms with Gasteiger partial charge in [0.15, 0.2) is 11.5 Å². The largest absolute Gasteiger partial charge is 0.493 e. The van der Waals surface area contributed by atoms with Crippen LogP contribution in [0, 0.1) is 17.1 Å². The summed E-state index contributed by atoms with van der Waals surface area (Å²) in [6.45, 7) is 0.242. The molecule has 0 heterocycles. The average Bonchev–Trinajstić information content (AvgIpc) is 2.80. The molecule has 32 heavy (non-hydrogen) atoms. The minimum Gasteiger partial charge on any atom is -0.493 e. The van der Waals surface area contributed by atoms with Gasteiger partial charge in [-0.2, -0.15) is 5.26 Å². The van der Waals surface area contributed by atoms with Crippen LogP contribution in [0.4, 0.5) is 10.1 Å². The lowest BCUT2D eigenvalue weighted by atomic mass is 10.1. The number of benzene rings is 3. The molecule has 3 aromatic carbocycles. The topological polar surface area (TPSA) is 71.3 Å². The zero-order chi connectivity index (χ0) is 23.1. The zero-order valence-corrected chi connectivity index (χ0v) is 18.4. The number of nitrogens with zero attached hydrogens (tertiary/aromatic N) is 1. The van der Waals surface area contributed by atoms with Crippen LogP contribution in [0.5, 0.6) is 11.5 Å². The van der Waals surface area contributed by atoms with E-state index in [9.17, 15) is 14.4 Å². The molecule has 8 heteroatoms. The van der Waals surface area contributed by atoms with Crippen LogP contribution in [0.1, 0.15) is 11.1 Å². The molecule has 0 spiro atoms. The highest BCUT2D eigenvalue weighted by Gasteiger charge is 2.12. The Morgan fingerprint density at radius 2 is 1.81 bits per heavy atom. The van der Waals surface area contributed by atoms with Crippen molar-refractivity contribution in [3.8, 4) is 17.6 Å². The fourth-order valence-electron chi connectivity index (χ4n) is 2.73. The summed E-state index contributed by atoms with van der Waals surface area (Å²) in [4.78, 5) is 12.4. The molecule has 0 saturated heterocycles. The molecule has 0 aliphatic rings. The highest BCUT2D eigenvalue weighted by Crippen LogP contribution is 2.30. The van der Waals surface area contributed by atoms with Gasteiger partial charge in [-0.05, 0) is 65.7 Å². The van der Waals surface area contributed by atoms with Crippen molar-refractivity contribution >= 4 is 40.9 Å². The summed E-state index contributed by atoms with van der Waals surface area (Å²) in [6, 6.07) is 17.3. The predicted octanol–water partition coefficient (Wildman–Crippen LogP) is 6.27. The van der Waals surface area contributed by atoms with Gasteiger partial charge in [0.2, 0.25) is 0 Å². The highest BCUT2D eigenvalue weighted by atomic mass is 35.5. The first-order chi connectivity index (χ1) is 15.4. The second-order valence-electron chi connectivity index (χ2n) is 6.58. The molecule has 1 amide bonds. The van der Waals surface area contributed by atoms with Gasteiger partial charge in [0.05, 0.1) is 17.2 Å². The van der Waals surface area contributed by atoms with E-state index in [4.69, 9.17) is 32.7 Å². The first-order valence-corrected chi connectivity index (χ1v) is 10.1. The van der Waals surface area contributed by atoms with Crippen LogP contribution in [0.2, 0.25) is 10.0 Å². The molecule has 1 N–H and O–H groups in total. The van der Waals surface area contributed by atoms with Crippen molar-refractivity contribution < 1.29 is 18.7 Å². The van der Waals surface area contributed by atoms with Gasteiger partial charge in [0, 0.05) is 5.69 Å². The molecule has 0 atom stereocenters. The number of nitrogens with one attached hydrogen (secondary N) is 1. The number of carbonyl (C=O) groups is 1. The number of rotatable bonds is 7. The number of hydrogen-bond acceptors (Lipinski definition) is 4. The normalized spacial score (nSPS) is 10.9. The summed E-state index contributed by atoms with van der Waals surface area (Å²) in [6.07, 6.45) is 1.42. The second kappa shape index (κ2) is 10.7. The summed E-state index contributed by atoms with van der Waals surface area (Å²) in [5, 5.41) is 12.8. The summed E-state index contributed by atoms with van der Waals surface area (Å²) >= 11 is 12.0. The number of nitriles is 1. The van der Waals surface area contributed by atoms with E-state index in [-0.39, 0.29) is 12.2 Å². The van der Waals surface area contributed by atoms with Gasteiger partial charge in [0.25, 0.3) is 5.91 Å². The fraction of sp³-hybridized carbons (Fsp3) is 0.0833. The summed E-state index contributed by atoms with van der Waals surface area (Å²) in [5.74, 6) is -0.134. The predicted molar refractivity (Wildman–Crippen MR) is 122 cm³/mol. The summed E-state index contributed by atoms with van der Waals surface area (Å²) in [5.41, 5.74) is 1.64. The third kappa shape index (κ3) is 6.01. The van der Waals surface area contributed by atoms with Gasteiger partial charge in [-0.3, -0.25) is 4.79 Å². The van der Waals surface area contributed by atoms with Crippen molar-refractivity contribution in [2.75, 3.05) is 12.4 Å². The second-order valence-corrected chi connectivity index (χ2v) is 7.39. The van der Waals surface area contributed by atoms with Crippen LogP contribution >= 0.6 is 23.2 Å². The quantitative estimate of drug-likeness (QED) is 0.326. The molecule has 0 aliphatic carbocycles. The number of anilines is 1. The van der Waals surface area contributed by atoms with E-state index in [1.54, 1.807) is 36.4 Å². The van der Waals surface area contributed by atoms with Crippen molar-refractivity contribution in [3.05, 3.63) is 93.2 Å². The van der Waals surface area contributed by atoms with Gasteiger partial charge in [-0.1, -0.05) is 35.3 Å². The van der Waals surface area contributed by atoms with E-state index in [0.717, 1.165) is 5.56 Å². The summed E-state index contributed by atoms with van der Waals surface area (Å²) < 4.78 is 24.2. The smallest absolute Gasteiger partial charge is 0.266 e. The van der Waals surface area contributed by atoms with Gasteiger partial charge >= 0.3 is 0 Å². The summed E-state index contributed by atoms with van der Waals surface area (Å²) in [7, 11) is 1.49. The molecule has 0 saturated carbocycles. The Balaban J connectivity index is 1.74. The number of amides is 1. The molecular formula is C24H17Cl2FN2O3. The molecular weight excluding hydrogens is 454 g/mol. The molecule has 0 fully saturated rings. The van der Waals surface area contributed by atoms with Crippen molar-refractivity contribution in [1.82, 2.24) is 0 Å². The standard InChI is InChI=1S/C24H17Cl2FN2O3/c1-31-23-12-15(3-9-22(23)32-14-16-2-8-20(25)21(26)11-16)10-17(13-28)24(30)29-19-6-4-18(27)5-7-19/h2-12H,14H2,1H3,(H,29,30)/b17-10+. The highest BCUT2D eigenvalue weighted by molar-refractivity contribution is 6.42. The van der Waals surface area contributed by atoms with Crippen molar-refractivity contribution in [2.45, 2.75) is 6.61 Å². The van der Waals surface area contributed by atoms with E-state index < -0.39 is 11.7 Å². The molecule has 0 unspecified atom stereocenters. The lowest BCUT2D eigenvalue weighted by Crippen LogP contribution is -2.13. The van der Waals surface area contributed by atoms with Gasteiger partial charge in [0.1, 0.15) is 24.1 Å². The van der Waals surface area contributed by atoms with Crippen LogP contribution in [0.15, 0.2) is 66.2 Å². The van der Waals surface area contributed by atoms with Crippen LogP contribution in [0.25, 0.3) is 6.08 Å². The molecule has 3 rings (SSSR count). The van der Waals surface area contributed by atoms with Crippen molar-refractivity contribution in [3.63, 3.8) is 0 Å². The zero-order valence-electron chi connectivity index (χ0n) is 16.9. The number of ether oxygens (including phenoxy) is 2. The monoisotopic (exact) mass is 470 g/mol. The first-order valence-electron chi connectivity index (χ1n) is 9.33. The van der Waals surface area contributed by atoms with E-state index in [0.29, 0.717) is 32.8 Å². The fourth-order valence-corrected chi connectivity index (χ4v) is 3.05. The molecule has 0 radical (unpaired) electrons. The lowest BCUT2D eigenvalue weighted by molar-refractivity contribution is -0.112. The average molecular weight is 471 g/mol. The molecule has 5 nitrogen and oxygen atoms in total. The maximum Gasteiger partial charge on any atom is 0.266 e. The Bertz CT molecular complexity index is 1200. The molecule has 162 valence electrons. The maximum atomic E-state index is 13.0.